The Morgan fingerprint density at radius 1 is 1.03 bits per heavy atom. The number of carbonyl (C=O) groups excluding carboxylic acids is 2. The van der Waals surface area contributed by atoms with Gasteiger partial charge in [-0.2, -0.15) is 13.2 Å². The molecule has 0 bridgehead atoms. The molecule has 164 valence electrons. The average Bonchev–Trinajstić information content (AvgIpc) is 3.14. The molecule has 2 amide bonds. The van der Waals surface area contributed by atoms with Gasteiger partial charge in [0.05, 0.1) is 17.2 Å². The summed E-state index contributed by atoms with van der Waals surface area (Å²) < 4.78 is 52.1. The fourth-order valence-electron chi connectivity index (χ4n) is 3.93. The van der Waals surface area contributed by atoms with Gasteiger partial charge >= 0.3 is 6.18 Å². The van der Waals surface area contributed by atoms with Crippen LogP contribution in [-0.4, -0.2) is 54.4 Å². The van der Waals surface area contributed by atoms with Gasteiger partial charge < -0.3 is 14.7 Å². The van der Waals surface area contributed by atoms with Gasteiger partial charge in [-0.1, -0.05) is 12.1 Å². The summed E-state index contributed by atoms with van der Waals surface area (Å²) >= 11 is 0. The second kappa shape index (κ2) is 8.16. The molecule has 2 aliphatic rings. The first kappa shape index (κ1) is 21.1. The maximum absolute atomic E-state index is 14.0. The summed E-state index contributed by atoms with van der Waals surface area (Å²) in [4.78, 5) is 33.9. The lowest BCUT2D eigenvalue weighted by molar-refractivity contribution is -0.138. The number of amides is 2. The van der Waals surface area contributed by atoms with Crippen LogP contribution in [-0.2, 0) is 15.8 Å². The third-order valence-corrected chi connectivity index (χ3v) is 5.61. The Labute approximate surface area is 176 Å². The van der Waals surface area contributed by atoms with E-state index in [1.165, 1.54) is 29.2 Å². The summed E-state index contributed by atoms with van der Waals surface area (Å²) in [6, 6.07) is 8.26. The Bertz CT molecular complexity index is 972. The number of piperazine rings is 1. The molecular formula is C21H20F4N4O2. The Morgan fingerprint density at radius 2 is 1.74 bits per heavy atom. The van der Waals surface area contributed by atoms with Gasteiger partial charge in [0.25, 0.3) is 0 Å². The molecule has 3 heterocycles. The smallest absolute Gasteiger partial charge is 0.353 e. The van der Waals surface area contributed by atoms with E-state index in [2.05, 4.69) is 4.98 Å². The van der Waals surface area contributed by atoms with Gasteiger partial charge in [0, 0.05) is 45.3 Å². The third kappa shape index (κ3) is 4.33. The van der Waals surface area contributed by atoms with Crippen LogP contribution in [0.1, 0.15) is 12.0 Å². The zero-order chi connectivity index (χ0) is 22.2. The molecule has 2 saturated heterocycles. The number of pyridine rings is 1. The van der Waals surface area contributed by atoms with Crippen molar-refractivity contribution in [1.82, 2.24) is 9.88 Å². The molecule has 1 atom stereocenters. The molecule has 0 aliphatic carbocycles. The highest BCUT2D eigenvalue weighted by Crippen LogP contribution is 2.30. The molecule has 0 saturated carbocycles. The first-order valence-electron chi connectivity index (χ1n) is 9.86. The van der Waals surface area contributed by atoms with Crippen LogP contribution in [0.4, 0.5) is 29.1 Å². The molecule has 10 heteroatoms. The van der Waals surface area contributed by atoms with E-state index in [1.54, 1.807) is 11.0 Å². The van der Waals surface area contributed by atoms with Gasteiger partial charge in [-0.25, -0.2) is 9.37 Å². The molecule has 2 fully saturated rings. The molecule has 0 N–H and O–H groups in total. The Hall–Kier alpha value is -3.17. The van der Waals surface area contributed by atoms with Crippen molar-refractivity contribution in [2.45, 2.75) is 12.6 Å². The summed E-state index contributed by atoms with van der Waals surface area (Å²) in [5, 5.41) is 0. The van der Waals surface area contributed by atoms with E-state index in [4.69, 9.17) is 0 Å². The molecule has 0 radical (unpaired) electrons. The van der Waals surface area contributed by atoms with Gasteiger partial charge in [-0.3, -0.25) is 9.59 Å². The van der Waals surface area contributed by atoms with Crippen molar-refractivity contribution in [2.24, 2.45) is 5.92 Å². The lowest BCUT2D eigenvalue weighted by Gasteiger charge is -2.36. The number of anilines is 2. The van der Waals surface area contributed by atoms with E-state index < -0.39 is 23.5 Å². The quantitative estimate of drug-likeness (QED) is 0.695. The van der Waals surface area contributed by atoms with E-state index in [-0.39, 0.29) is 30.5 Å². The normalized spacial score (nSPS) is 19.8. The molecule has 6 nitrogen and oxygen atoms in total. The SMILES string of the molecule is O=C(C1CC(=O)N(c2ccccc2F)C1)N1CCN(c2ccc(C(F)(F)F)cn2)CC1. The van der Waals surface area contributed by atoms with Crippen molar-refractivity contribution >= 4 is 23.3 Å². The summed E-state index contributed by atoms with van der Waals surface area (Å²) in [6.07, 6.45) is -3.62. The number of hydrogen-bond donors (Lipinski definition) is 0. The number of hydrogen-bond acceptors (Lipinski definition) is 4. The van der Waals surface area contributed by atoms with E-state index in [1.807, 2.05) is 4.90 Å². The Morgan fingerprint density at radius 3 is 2.35 bits per heavy atom. The first-order chi connectivity index (χ1) is 14.7. The summed E-state index contributed by atoms with van der Waals surface area (Å²) in [5.74, 6) is -1.12. The molecular weight excluding hydrogens is 416 g/mol. The van der Waals surface area contributed by atoms with E-state index >= 15 is 0 Å². The van der Waals surface area contributed by atoms with Gasteiger partial charge in [0.15, 0.2) is 0 Å². The second-order valence-corrected chi connectivity index (χ2v) is 7.57. The molecule has 1 aromatic heterocycles. The maximum atomic E-state index is 14.0. The van der Waals surface area contributed by atoms with Crippen molar-refractivity contribution in [3.05, 3.63) is 54.0 Å². The largest absolute Gasteiger partial charge is 0.417 e. The second-order valence-electron chi connectivity index (χ2n) is 7.57. The minimum absolute atomic E-state index is 0.0217. The zero-order valence-corrected chi connectivity index (χ0v) is 16.5. The molecule has 1 aromatic carbocycles. The minimum atomic E-state index is -4.44. The van der Waals surface area contributed by atoms with Crippen LogP contribution in [0.15, 0.2) is 42.6 Å². The molecule has 1 unspecified atom stereocenters. The highest BCUT2D eigenvalue weighted by Gasteiger charge is 2.39. The lowest BCUT2D eigenvalue weighted by Crippen LogP contribution is -2.51. The zero-order valence-electron chi connectivity index (χ0n) is 16.5. The fourth-order valence-corrected chi connectivity index (χ4v) is 3.93. The van der Waals surface area contributed by atoms with Gasteiger partial charge in [-0.15, -0.1) is 0 Å². The first-order valence-corrected chi connectivity index (χ1v) is 9.86. The standard InChI is InChI=1S/C21H20F4N4O2/c22-16-3-1-2-4-17(16)29-13-14(11-19(29)30)20(31)28-9-7-27(8-10-28)18-6-5-15(12-26-18)21(23,24)25/h1-6,12,14H,7-11,13H2. The minimum Gasteiger partial charge on any atom is -0.353 e. The average molecular weight is 436 g/mol. The van der Waals surface area contributed by atoms with Gasteiger partial charge in [-0.05, 0) is 24.3 Å². The van der Waals surface area contributed by atoms with E-state index in [0.29, 0.717) is 32.0 Å². The van der Waals surface area contributed by atoms with E-state index in [9.17, 15) is 27.2 Å². The summed E-state index contributed by atoms with van der Waals surface area (Å²) in [7, 11) is 0. The van der Waals surface area contributed by atoms with Crippen molar-refractivity contribution in [1.29, 1.82) is 0 Å². The van der Waals surface area contributed by atoms with Crippen LogP contribution < -0.4 is 9.80 Å². The number of nitrogens with zero attached hydrogens (tertiary/aromatic N) is 4. The van der Waals surface area contributed by atoms with Crippen molar-refractivity contribution in [3.63, 3.8) is 0 Å². The van der Waals surface area contributed by atoms with Crippen LogP contribution in [0.3, 0.4) is 0 Å². The van der Waals surface area contributed by atoms with Crippen LogP contribution in [0, 0.1) is 11.7 Å². The number of carbonyl (C=O) groups is 2. The van der Waals surface area contributed by atoms with Crippen LogP contribution in [0.25, 0.3) is 0 Å². The summed E-state index contributed by atoms with van der Waals surface area (Å²) in [5.41, 5.74) is -0.642. The Balaban J connectivity index is 1.35. The van der Waals surface area contributed by atoms with Gasteiger partial charge in [0.1, 0.15) is 11.6 Å². The molecule has 31 heavy (non-hydrogen) atoms. The maximum Gasteiger partial charge on any atom is 0.417 e. The number of rotatable bonds is 3. The number of halogens is 4. The lowest BCUT2D eigenvalue weighted by atomic mass is 10.1. The number of alkyl halides is 3. The molecule has 2 aliphatic heterocycles. The monoisotopic (exact) mass is 436 g/mol. The van der Waals surface area contributed by atoms with Crippen molar-refractivity contribution in [2.75, 3.05) is 42.5 Å². The molecule has 4 rings (SSSR count). The van der Waals surface area contributed by atoms with E-state index in [0.717, 1.165) is 12.3 Å². The molecule has 0 spiro atoms. The topological polar surface area (TPSA) is 56.8 Å². The fraction of sp³-hybridized carbons (Fsp3) is 0.381. The van der Waals surface area contributed by atoms with Crippen molar-refractivity contribution in [3.8, 4) is 0 Å². The summed E-state index contributed by atoms with van der Waals surface area (Å²) in [6.45, 7) is 1.70. The van der Waals surface area contributed by atoms with Crippen LogP contribution >= 0.6 is 0 Å². The number of benzene rings is 1. The van der Waals surface area contributed by atoms with Crippen LogP contribution in [0.5, 0.6) is 0 Å². The third-order valence-electron chi connectivity index (χ3n) is 5.61. The van der Waals surface area contributed by atoms with Crippen LogP contribution in [0.2, 0.25) is 0 Å². The van der Waals surface area contributed by atoms with Crippen molar-refractivity contribution < 1.29 is 27.2 Å². The molecule has 2 aromatic rings. The predicted octanol–water partition coefficient (Wildman–Crippen LogP) is 2.94. The number of para-hydroxylation sites is 1. The Kier molecular flexibility index (Phi) is 5.55. The van der Waals surface area contributed by atoms with Gasteiger partial charge in [0.2, 0.25) is 11.8 Å². The highest BCUT2D eigenvalue weighted by atomic mass is 19.4. The predicted molar refractivity (Wildman–Crippen MR) is 105 cm³/mol. The highest BCUT2D eigenvalue weighted by molar-refractivity contribution is 6.00. The number of aromatic nitrogens is 1.